The topological polar surface area (TPSA) is 68.0 Å². The second-order valence-corrected chi connectivity index (χ2v) is 5.12. The van der Waals surface area contributed by atoms with Crippen molar-refractivity contribution in [1.29, 1.82) is 0 Å². The van der Waals surface area contributed by atoms with Gasteiger partial charge in [0.25, 0.3) is 0 Å². The first kappa shape index (κ1) is 13.0. The lowest BCUT2D eigenvalue weighted by molar-refractivity contribution is -0.126. The Hall–Kier alpha value is -1.42. The monoisotopic (exact) mass is 247 g/mol. The second kappa shape index (κ2) is 5.96. The Morgan fingerprint density at radius 3 is 2.56 bits per heavy atom. The summed E-state index contributed by atoms with van der Waals surface area (Å²) in [7, 11) is 0. The van der Waals surface area contributed by atoms with Gasteiger partial charge in [0.05, 0.1) is 6.04 Å². The molecule has 0 saturated heterocycles. The molecule has 0 radical (unpaired) electrons. The van der Waals surface area contributed by atoms with Crippen LogP contribution in [0.4, 0.5) is 0 Å². The Morgan fingerprint density at radius 1 is 1.33 bits per heavy atom. The van der Waals surface area contributed by atoms with Crippen LogP contribution in [0.15, 0.2) is 24.5 Å². The maximum Gasteiger partial charge on any atom is 0.223 e. The summed E-state index contributed by atoms with van der Waals surface area (Å²) in [6, 6.07) is 4.19. The van der Waals surface area contributed by atoms with Crippen molar-refractivity contribution in [3.8, 4) is 0 Å². The van der Waals surface area contributed by atoms with E-state index in [-0.39, 0.29) is 23.9 Å². The van der Waals surface area contributed by atoms with Gasteiger partial charge < -0.3 is 11.1 Å². The molecule has 0 bridgehead atoms. The standard InChI is InChI=1S/C14H21N3O/c1-10(11-6-8-16-9-7-11)17-14(18)12-2-4-13(15)5-3-12/h6-10,12-13H,2-5,15H2,1H3,(H,17,18)/t10-,12?,13?/m0/s1. The first-order valence-corrected chi connectivity index (χ1v) is 6.62. The zero-order valence-corrected chi connectivity index (χ0v) is 10.8. The molecule has 1 atom stereocenters. The SMILES string of the molecule is C[C@H](NC(=O)C1CCC(N)CC1)c1ccncc1. The summed E-state index contributed by atoms with van der Waals surface area (Å²) in [5.41, 5.74) is 6.94. The van der Waals surface area contributed by atoms with Crippen LogP contribution >= 0.6 is 0 Å². The van der Waals surface area contributed by atoms with Gasteiger partial charge in [-0.3, -0.25) is 9.78 Å². The number of carbonyl (C=O) groups excluding carboxylic acids is 1. The van der Waals surface area contributed by atoms with E-state index in [1.54, 1.807) is 12.4 Å². The molecule has 4 heteroatoms. The Kier molecular flexibility index (Phi) is 4.31. The average molecular weight is 247 g/mol. The molecule has 1 heterocycles. The molecule has 98 valence electrons. The van der Waals surface area contributed by atoms with Crippen LogP contribution in [-0.4, -0.2) is 16.9 Å². The average Bonchev–Trinajstić information content (AvgIpc) is 2.40. The molecular formula is C14H21N3O. The summed E-state index contributed by atoms with van der Waals surface area (Å²) < 4.78 is 0. The van der Waals surface area contributed by atoms with Crippen LogP contribution in [0.25, 0.3) is 0 Å². The molecule has 0 unspecified atom stereocenters. The van der Waals surface area contributed by atoms with Crippen molar-refractivity contribution in [3.05, 3.63) is 30.1 Å². The number of carbonyl (C=O) groups is 1. The number of nitrogens with one attached hydrogen (secondary N) is 1. The first-order chi connectivity index (χ1) is 8.66. The van der Waals surface area contributed by atoms with Crippen LogP contribution in [0.3, 0.4) is 0 Å². The molecule has 1 amide bonds. The van der Waals surface area contributed by atoms with E-state index in [2.05, 4.69) is 10.3 Å². The van der Waals surface area contributed by atoms with E-state index in [1.165, 1.54) is 0 Å². The van der Waals surface area contributed by atoms with Crippen molar-refractivity contribution >= 4 is 5.91 Å². The third-order valence-corrected chi connectivity index (χ3v) is 3.71. The van der Waals surface area contributed by atoms with Crippen LogP contribution in [0.2, 0.25) is 0 Å². The molecule has 0 aliphatic heterocycles. The van der Waals surface area contributed by atoms with Gasteiger partial charge in [0.1, 0.15) is 0 Å². The van der Waals surface area contributed by atoms with Crippen molar-refractivity contribution in [2.75, 3.05) is 0 Å². The number of amides is 1. The molecular weight excluding hydrogens is 226 g/mol. The zero-order chi connectivity index (χ0) is 13.0. The highest BCUT2D eigenvalue weighted by molar-refractivity contribution is 5.79. The third-order valence-electron chi connectivity index (χ3n) is 3.71. The number of rotatable bonds is 3. The maximum atomic E-state index is 12.1. The second-order valence-electron chi connectivity index (χ2n) is 5.12. The summed E-state index contributed by atoms with van der Waals surface area (Å²) >= 11 is 0. The highest BCUT2D eigenvalue weighted by atomic mass is 16.1. The van der Waals surface area contributed by atoms with Gasteiger partial charge in [0.2, 0.25) is 5.91 Å². The van der Waals surface area contributed by atoms with Gasteiger partial charge in [0.15, 0.2) is 0 Å². The lowest BCUT2D eigenvalue weighted by atomic mass is 9.85. The van der Waals surface area contributed by atoms with Gasteiger partial charge in [-0.25, -0.2) is 0 Å². The van der Waals surface area contributed by atoms with Gasteiger partial charge >= 0.3 is 0 Å². The maximum absolute atomic E-state index is 12.1. The molecule has 0 aromatic carbocycles. The highest BCUT2D eigenvalue weighted by Gasteiger charge is 2.25. The first-order valence-electron chi connectivity index (χ1n) is 6.62. The molecule has 18 heavy (non-hydrogen) atoms. The van der Waals surface area contributed by atoms with Gasteiger partial charge in [-0.1, -0.05) is 0 Å². The van der Waals surface area contributed by atoms with E-state index < -0.39 is 0 Å². The predicted octanol–water partition coefficient (Wildman–Crippen LogP) is 1.78. The minimum absolute atomic E-state index is 0.0381. The van der Waals surface area contributed by atoms with E-state index in [0.717, 1.165) is 31.2 Å². The van der Waals surface area contributed by atoms with Gasteiger partial charge in [-0.2, -0.15) is 0 Å². The Morgan fingerprint density at radius 2 is 1.94 bits per heavy atom. The Labute approximate surface area is 108 Å². The Balaban J connectivity index is 1.87. The van der Waals surface area contributed by atoms with Crippen molar-refractivity contribution in [1.82, 2.24) is 10.3 Å². The molecule has 1 aliphatic rings. The largest absolute Gasteiger partial charge is 0.349 e. The highest BCUT2D eigenvalue weighted by Crippen LogP contribution is 2.24. The minimum atomic E-state index is 0.0381. The van der Waals surface area contributed by atoms with Crippen molar-refractivity contribution in [2.24, 2.45) is 11.7 Å². The number of nitrogens with zero attached hydrogens (tertiary/aromatic N) is 1. The van der Waals surface area contributed by atoms with E-state index >= 15 is 0 Å². The van der Waals surface area contributed by atoms with Crippen LogP contribution in [0.1, 0.15) is 44.2 Å². The number of hydrogen-bond donors (Lipinski definition) is 2. The lowest BCUT2D eigenvalue weighted by Gasteiger charge is -2.26. The smallest absolute Gasteiger partial charge is 0.223 e. The summed E-state index contributed by atoms with van der Waals surface area (Å²) in [5.74, 6) is 0.292. The fourth-order valence-electron chi connectivity index (χ4n) is 2.45. The van der Waals surface area contributed by atoms with Crippen LogP contribution in [0, 0.1) is 5.92 Å². The molecule has 1 aromatic heterocycles. The molecule has 4 nitrogen and oxygen atoms in total. The van der Waals surface area contributed by atoms with Gasteiger partial charge in [-0.05, 0) is 50.3 Å². The third kappa shape index (κ3) is 3.29. The fourth-order valence-corrected chi connectivity index (χ4v) is 2.45. The lowest BCUT2D eigenvalue weighted by Crippen LogP contribution is -2.37. The summed E-state index contributed by atoms with van der Waals surface area (Å²) in [6.07, 6.45) is 7.24. The molecule has 1 saturated carbocycles. The fraction of sp³-hybridized carbons (Fsp3) is 0.571. The predicted molar refractivity (Wildman–Crippen MR) is 70.7 cm³/mol. The number of aromatic nitrogens is 1. The molecule has 3 N–H and O–H groups in total. The minimum Gasteiger partial charge on any atom is -0.349 e. The Bertz CT molecular complexity index is 385. The normalized spacial score (nSPS) is 25.4. The zero-order valence-electron chi connectivity index (χ0n) is 10.8. The van der Waals surface area contributed by atoms with Gasteiger partial charge in [0, 0.05) is 24.4 Å². The number of hydrogen-bond acceptors (Lipinski definition) is 3. The van der Waals surface area contributed by atoms with Gasteiger partial charge in [-0.15, -0.1) is 0 Å². The van der Waals surface area contributed by atoms with Crippen molar-refractivity contribution in [3.63, 3.8) is 0 Å². The van der Waals surface area contributed by atoms with E-state index in [0.29, 0.717) is 0 Å². The van der Waals surface area contributed by atoms with E-state index in [1.807, 2.05) is 19.1 Å². The van der Waals surface area contributed by atoms with Crippen LogP contribution in [-0.2, 0) is 4.79 Å². The molecule has 1 aliphatic carbocycles. The molecule has 1 fully saturated rings. The number of nitrogens with two attached hydrogens (primary N) is 1. The van der Waals surface area contributed by atoms with Crippen LogP contribution in [0.5, 0.6) is 0 Å². The van der Waals surface area contributed by atoms with Crippen molar-refractivity contribution < 1.29 is 4.79 Å². The van der Waals surface area contributed by atoms with E-state index in [4.69, 9.17) is 5.73 Å². The molecule has 0 spiro atoms. The van der Waals surface area contributed by atoms with Crippen molar-refractivity contribution in [2.45, 2.75) is 44.7 Å². The van der Waals surface area contributed by atoms with E-state index in [9.17, 15) is 4.79 Å². The molecule has 1 aromatic rings. The summed E-state index contributed by atoms with van der Waals surface area (Å²) in [5, 5.41) is 3.07. The molecule has 2 rings (SSSR count). The number of pyridine rings is 1. The van der Waals surface area contributed by atoms with Crippen LogP contribution < -0.4 is 11.1 Å². The summed E-state index contributed by atoms with van der Waals surface area (Å²) in [4.78, 5) is 16.1. The summed E-state index contributed by atoms with van der Waals surface area (Å²) in [6.45, 7) is 2.00. The quantitative estimate of drug-likeness (QED) is 0.855.